The first-order chi connectivity index (χ1) is 11.1. The van der Waals surface area contributed by atoms with Crippen molar-refractivity contribution in [3.8, 4) is 0 Å². The third kappa shape index (κ3) is 5.16. The van der Waals surface area contributed by atoms with Crippen molar-refractivity contribution in [1.82, 2.24) is 9.55 Å². The lowest BCUT2D eigenvalue weighted by atomic mass is 10.1. The predicted octanol–water partition coefficient (Wildman–Crippen LogP) is 3.67. The average Bonchev–Trinajstić information content (AvgIpc) is 2.52. The Morgan fingerprint density at radius 3 is 2.83 bits per heavy atom. The van der Waals surface area contributed by atoms with Crippen molar-refractivity contribution in [3.63, 3.8) is 0 Å². The molecule has 0 aliphatic heterocycles. The molecule has 1 heterocycles. The van der Waals surface area contributed by atoms with Crippen LogP contribution in [0.25, 0.3) is 11.0 Å². The zero-order valence-electron chi connectivity index (χ0n) is 13.3. The third-order valence-corrected chi connectivity index (χ3v) is 4.12. The minimum absolute atomic E-state index is 0.0775. The van der Waals surface area contributed by atoms with Gasteiger partial charge in [0.1, 0.15) is 0 Å². The number of ether oxygens (including phenoxy) is 1. The molecule has 0 radical (unpaired) electrons. The van der Waals surface area contributed by atoms with Crippen LogP contribution in [0.4, 0.5) is 0 Å². The summed E-state index contributed by atoms with van der Waals surface area (Å²) in [7, 11) is 0. The van der Waals surface area contributed by atoms with Crippen LogP contribution in [-0.2, 0) is 16.1 Å². The second-order valence-electron chi connectivity index (χ2n) is 5.35. The maximum absolute atomic E-state index is 12.0. The summed E-state index contributed by atoms with van der Waals surface area (Å²) in [6.45, 7) is 2.92. The standard InChI is InChI=1S/C17H21BrN2O3/c1-2-23-17(22)7-5-3-4-6-10-20-15-9-8-13(18)11-14(15)19-12-16(20)21/h8-9,11-12H,2-7,10H2,1H3. The third-order valence-electron chi connectivity index (χ3n) is 3.63. The van der Waals surface area contributed by atoms with E-state index in [1.165, 1.54) is 6.20 Å². The van der Waals surface area contributed by atoms with E-state index in [9.17, 15) is 9.59 Å². The highest BCUT2D eigenvalue weighted by molar-refractivity contribution is 9.10. The van der Waals surface area contributed by atoms with E-state index < -0.39 is 0 Å². The van der Waals surface area contributed by atoms with Gasteiger partial charge in [-0.05, 0) is 38.0 Å². The van der Waals surface area contributed by atoms with Gasteiger partial charge < -0.3 is 9.30 Å². The minimum atomic E-state index is -0.130. The molecule has 124 valence electrons. The number of carbonyl (C=O) groups excluding carboxylic acids is 1. The number of fused-ring (bicyclic) bond motifs is 1. The van der Waals surface area contributed by atoms with Gasteiger partial charge in [0, 0.05) is 17.4 Å². The molecular formula is C17H21BrN2O3. The highest BCUT2D eigenvalue weighted by Gasteiger charge is 2.05. The van der Waals surface area contributed by atoms with E-state index in [2.05, 4.69) is 20.9 Å². The number of aromatic nitrogens is 2. The van der Waals surface area contributed by atoms with Gasteiger partial charge in [-0.1, -0.05) is 28.8 Å². The largest absolute Gasteiger partial charge is 0.466 e. The zero-order valence-corrected chi connectivity index (χ0v) is 14.8. The predicted molar refractivity (Wildman–Crippen MR) is 93.4 cm³/mol. The summed E-state index contributed by atoms with van der Waals surface area (Å²) in [6, 6.07) is 5.73. The Morgan fingerprint density at radius 1 is 1.26 bits per heavy atom. The molecule has 0 unspecified atom stereocenters. The van der Waals surface area contributed by atoms with Gasteiger partial charge in [0.25, 0.3) is 5.56 Å². The summed E-state index contributed by atoms with van der Waals surface area (Å²) < 4.78 is 7.61. The molecule has 23 heavy (non-hydrogen) atoms. The van der Waals surface area contributed by atoms with E-state index in [4.69, 9.17) is 4.74 Å². The summed E-state index contributed by atoms with van der Waals surface area (Å²) in [5.74, 6) is -0.130. The molecule has 0 bridgehead atoms. The van der Waals surface area contributed by atoms with Crippen LogP contribution in [0, 0.1) is 0 Å². The number of benzene rings is 1. The molecule has 0 aliphatic rings. The first kappa shape index (κ1) is 17.7. The molecule has 1 aromatic carbocycles. The molecule has 5 nitrogen and oxygen atoms in total. The number of rotatable bonds is 8. The second kappa shape index (κ2) is 8.82. The Morgan fingerprint density at radius 2 is 2.04 bits per heavy atom. The van der Waals surface area contributed by atoms with Crippen molar-refractivity contribution in [2.45, 2.75) is 45.6 Å². The van der Waals surface area contributed by atoms with E-state index in [1.807, 2.05) is 25.1 Å². The molecule has 0 amide bonds. The molecule has 0 saturated heterocycles. The Labute approximate surface area is 143 Å². The molecule has 0 aliphatic carbocycles. The van der Waals surface area contributed by atoms with Crippen molar-refractivity contribution in [1.29, 1.82) is 0 Å². The molecular weight excluding hydrogens is 360 g/mol. The van der Waals surface area contributed by atoms with Crippen LogP contribution in [0.1, 0.15) is 39.0 Å². The maximum Gasteiger partial charge on any atom is 0.305 e. The van der Waals surface area contributed by atoms with Crippen LogP contribution >= 0.6 is 15.9 Å². The van der Waals surface area contributed by atoms with Gasteiger partial charge in [0.15, 0.2) is 0 Å². The van der Waals surface area contributed by atoms with Crippen LogP contribution in [0.3, 0.4) is 0 Å². The molecule has 6 heteroatoms. The van der Waals surface area contributed by atoms with E-state index in [0.29, 0.717) is 19.6 Å². The molecule has 0 atom stereocenters. The zero-order chi connectivity index (χ0) is 16.7. The van der Waals surface area contributed by atoms with Crippen molar-refractivity contribution in [3.05, 3.63) is 39.2 Å². The summed E-state index contributed by atoms with van der Waals surface area (Å²) in [6.07, 6.45) is 5.51. The molecule has 0 fully saturated rings. The van der Waals surface area contributed by atoms with Gasteiger partial charge in [-0.2, -0.15) is 0 Å². The SMILES string of the molecule is CCOC(=O)CCCCCCn1c(=O)cnc2cc(Br)ccc21. The van der Waals surface area contributed by atoms with Crippen molar-refractivity contribution in [2.75, 3.05) is 6.61 Å². The highest BCUT2D eigenvalue weighted by Crippen LogP contribution is 2.17. The molecule has 0 saturated carbocycles. The number of nitrogens with zero attached hydrogens (tertiary/aromatic N) is 2. The number of aryl methyl sites for hydroxylation is 1. The lowest BCUT2D eigenvalue weighted by molar-refractivity contribution is -0.143. The Balaban J connectivity index is 1.86. The van der Waals surface area contributed by atoms with Crippen LogP contribution in [0.5, 0.6) is 0 Å². The van der Waals surface area contributed by atoms with E-state index >= 15 is 0 Å². The van der Waals surface area contributed by atoms with Crippen LogP contribution in [0.15, 0.2) is 33.7 Å². The number of carbonyl (C=O) groups is 1. The Bertz CT molecular complexity index is 727. The number of halogens is 1. The molecule has 2 rings (SSSR count). The van der Waals surface area contributed by atoms with E-state index in [0.717, 1.165) is 41.2 Å². The first-order valence-corrected chi connectivity index (χ1v) is 8.72. The minimum Gasteiger partial charge on any atom is -0.466 e. The van der Waals surface area contributed by atoms with Gasteiger partial charge in [-0.15, -0.1) is 0 Å². The fourth-order valence-electron chi connectivity index (χ4n) is 2.50. The van der Waals surface area contributed by atoms with E-state index in [1.54, 1.807) is 4.57 Å². The number of unbranched alkanes of at least 4 members (excludes halogenated alkanes) is 3. The Hall–Kier alpha value is -1.69. The van der Waals surface area contributed by atoms with Crippen molar-refractivity contribution >= 4 is 32.9 Å². The van der Waals surface area contributed by atoms with E-state index in [-0.39, 0.29) is 11.5 Å². The highest BCUT2D eigenvalue weighted by atomic mass is 79.9. The average molecular weight is 381 g/mol. The molecule has 0 spiro atoms. The number of hydrogen-bond acceptors (Lipinski definition) is 4. The molecule has 0 N–H and O–H groups in total. The van der Waals surface area contributed by atoms with Gasteiger partial charge >= 0.3 is 5.97 Å². The normalized spacial score (nSPS) is 10.9. The van der Waals surface area contributed by atoms with Gasteiger partial charge in [-0.3, -0.25) is 9.59 Å². The topological polar surface area (TPSA) is 61.2 Å². The monoisotopic (exact) mass is 380 g/mol. The maximum atomic E-state index is 12.0. The van der Waals surface area contributed by atoms with Crippen LogP contribution < -0.4 is 5.56 Å². The fraction of sp³-hybridized carbons (Fsp3) is 0.471. The van der Waals surface area contributed by atoms with Crippen molar-refractivity contribution in [2.24, 2.45) is 0 Å². The number of esters is 1. The van der Waals surface area contributed by atoms with Gasteiger partial charge in [0.05, 0.1) is 23.8 Å². The first-order valence-electron chi connectivity index (χ1n) is 7.92. The van der Waals surface area contributed by atoms with Crippen LogP contribution in [0.2, 0.25) is 0 Å². The molecule has 1 aromatic heterocycles. The quantitative estimate of drug-likeness (QED) is 0.517. The fourth-order valence-corrected chi connectivity index (χ4v) is 2.85. The van der Waals surface area contributed by atoms with Gasteiger partial charge in [-0.25, -0.2) is 4.98 Å². The van der Waals surface area contributed by atoms with Crippen LogP contribution in [-0.4, -0.2) is 22.1 Å². The van der Waals surface area contributed by atoms with Gasteiger partial charge in [0.2, 0.25) is 0 Å². The summed E-state index contributed by atoms with van der Waals surface area (Å²) in [5, 5.41) is 0. The summed E-state index contributed by atoms with van der Waals surface area (Å²) in [4.78, 5) is 27.4. The summed E-state index contributed by atoms with van der Waals surface area (Å²) >= 11 is 3.41. The Kier molecular flexibility index (Phi) is 6.77. The summed E-state index contributed by atoms with van der Waals surface area (Å²) in [5.41, 5.74) is 1.58. The smallest absolute Gasteiger partial charge is 0.305 e. The molecule has 2 aromatic rings. The lowest BCUT2D eigenvalue weighted by Crippen LogP contribution is -2.20. The second-order valence-corrected chi connectivity index (χ2v) is 6.27. The van der Waals surface area contributed by atoms with Crippen molar-refractivity contribution < 1.29 is 9.53 Å². The number of hydrogen-bond donors (Lipinski definition) is 0. The lowest BCUT2D eigenvalue weighted by Gasteiger charge is -2.09.